The molecular formula is C53H97NO5. The molecular weight excluding hydrogens is 731 g/mol. The smallest absolute Gasteiger partial charge is 0.306 e. The van der Waals surface area contributed by atoms with Crippen LogP contribution in [-0.2, 0) is 14.3 Å². The topological polar surface area (TPSA) is 95.9 Å². The van der Waals surface area contributed by atoms with Crippen LogP contribution in [0.3, 0.4) is 0 Å². The minimum absolute atomic E-state index is 0.0611. The normalized spacial score (nSPS) is 13.6. The van der Waals surface area contributed by atoms with Crippen LogP contribution in [0.25, 0.3) is 0 Å². The molecule has 0 heterocycles. The molecule has 59 heavy (non-hydrogen) atoms. The molecule has 0 aromatic rings. The van der Waals surface area contributed by atoms with Crippen molar-refractivity contribution in [3.8, 4) is 0 Å². The highest BCUT2D eigenvalue weighted by molar-refractivity contribution is 5.77. The van der Waals surface area contributed by atoms with Crippen molar-refractivity contribution in [3.63, 3.8) is 0 Å². The van der Waals surface area contributed by atoms with Gasteiger partial charge in [-0.1, -0.05) is 217 Å². The summed E-state index contributed by atoms with van der Waals surface area (Å²) >= 11 is 0. The molecule has 344 valence electrons. The van der Waals surface area contributed by atoms with Crippen LogP contribution in [0.4, 0.5) is 0 Å². The summed E-state index contributed by atoms with van der Waals surface area (Å²) in [5, 5.41) is 23.8. The summed E-state index contributed by atoms with van der Waals surface area (Å²) in [7, 11) is 0. The highest BCUT2D eigenvalue weighted by atomic mass is 16.5. The minimum Gasteiger partial charge on any atom is -0.462 e. The molecule has 0 bridgehead atoms. The Morgan fingerprint density at radius 3 is 1.46 bits per heavy atom. The maximum atomic E-state index is 13.2. The monoisotopic (exact) mass is 828 g/mol. The predicted octanol–water partition coefficient (Wildman–Crippen LogP) is 15.1. The first-order valence-corrected chi connectivity index (χ1v) is 25.4. The van der Waals surface area contributed by atoms with Crippen LogP contribution in [0.5, 0.6) is 0 Å². The van der Waals surface area contributed by atoms with Gasteiger partial charge in [-0.3, -0.25) is 9.59 Å². The van der Waals surface area contributed by atoms with Gasteiger partial charge >= 0.3 is 5.97 Å². The Labute approximate surface area is 366 Å². The molecule has 0 aliphatic carbocycles. The van der Waals surface area contributed by atoms with Crippen molar-refractivity contribution >= 4 is 11.9 Å². The van der Waals surface area contributed by atoms with E-state index < -0.39 is 18.2 Å². The summed E-state index contributed by atoms with van der Waals surface area (Å²) in [6, 6.07) is -0.709. The van der Waals surface area contributed by atoms with Gasteiger partial charge in [-0.25, -0.2) is 0 Å². The summed E-state index contributed by atoms with van der Waals surface area (Å²) in [6.45, 7) is 6.33. The van der Waals surface area contributed by atoms with E-state index >= 15 is 0 Å². The van der Waals surface area contributed by atoms with Gasteiger partial charge in [0.2, 0.25) is 5.91 Å². The van der Waals surface area contributed by atoms with Gasteiger partial charge in [0.1, 0.15) is 6.10 Å². The molecule has 1 amide bonds. The largest absolute Gasteiger partial charge is 0.462 e. The molecule has 0 aromatic carbocycles. The summed E-state index contributed by atoms with van der Waals surface area (Å²) in [5.74, 6) is -0.501. The zero-order valence-electron chi connectivity index (χ0n) is 39.1. The number of ether oxygens (including phenoxy) is 1. The Hall–Kier alpha value is -2.18. The summed E-state index contributed by atoms with van der Waals surface area (Å²) in [4.78, 5) is 26.1. The average Bonchev–Trinajstić information content (AvgIpc) is 3.23. The van der Waals surface area contributed by atoms with Gasteiger partial charge in [0.05, 0.1) is 25.2 Å². The molecule has 0 spiro atoms. The van der Waals surface area contributed by atoms with Crippen molar-refractivity contribution in [2.24, 2.45) is 0 Å². The zero-order valence-corrected chi connectivity index (χ0v) is 39.1. The van der Waals surface area contributed by atoms with E-state index in [0.717, 1.165) is 89.9 Å². The molecule has 3 unspecified atom stereocenters. The molecule has 6 heteroatoms. The third-order valence-electron chi connectivity index (χ3n) is 11.5. The number of carbonyl (C=O) groups excluding carboxylic acids is 2. The van der Waals surface area contributed by atoms with Crippen LogP contribution in [0.1, 0.15) is 252 Å². The first-order chi connectivity index (χ1) is 29.0. The van der Waals surface area contributed by atoms with Crippen molar-refractivity contribution < 1.29 is 24.5 Å². The number of hydrogen-bond acceptors (Lipinski definition) is 5. The van der Waals surface area contributed by atoms with E-state index in [-0.39, 0.29) is 24.9 Å². The Balaban J connectivity index is 4.57. The molecule has 0 aliphatic rings. The van der Waals surface area contributed by atoms with Gasteiger partial charge in [-0.05, 0) is 70.6 Å². The van der Waals surface area contributed by atoms with E-state index in [9.17, 15) is 19.8 Å². The van der Waals surface area contributed by atoms with Crippen molar-refractivity contribution in [3.05, 3.63) is 48.6 Å². The van der Waals surface area contributed by atoms with Gasteiger partial charge in [0, 0.05) is 6.42 Å². The minimum atomic E-state index is -0.794. The van der Waals surface area contributed by atoms with Gasteiger partial charge in [0.25, 0.3) is 0 Å². The zero-order chi connectivity index (χ0) is 43.1. The number of allylic oxidation sites excluding steroid dienone is 8. The second-order valence-electron chi connectivity index (χ2n) is 17.2. The molecule has 3 N–H and O–H groups in total. The fourth-order valence-electron chi connectivity index (χ4n) is 7.60. The lowest BCUT2D eigenvalue weighted by atomic mass is 10.0. The Kier molecular flexibility index (Phi) is 45.1. The molecule has 0 fully saturated rings. The lowest BCUT2D eigenvalue weighted by molar-refractivity contribution is -0.151. The fourth-order valence-corrected chi connectivity index (χ4v) is 7.60. The third-order valence-corrected chi connectivity index (χ3v) is 11.5. The third kappa shape index (κ3) is 42.3. The number of aliphatic hydroxyl groups is 2. The molecule has 0 aromatic heterocycles. The van der Waals surface area contributed by atoms with E-state index in [1.807, 2.05) is 0 Å². The number of esters is 1. The lowest BCUT2D eigenvalue weighted by Crippen LogP contribution is -2.46. The highest BCUT2D eigenvalue weighted by Gasteiger charge is 2.24. The Bertz CT molecular complexity index is 1020. The van der Waals surface area contributed by atoms with Gasteiger partial charge in [-0.15, -0.1) is 0 Å². The van der Waals surface area contributed by atoms with E-state index in [0.29, 0.717) is 19.3 Å². The predicted molar refractivity (Wildman–Crippen MR) is 255 cm³/mol. The van der Waals surface area contributed by atoms with Crippen LogP contribution in [0.2, 0.25) is 0 Å². The number of unbranched alkanes of at least 4 members (excludes halogenated alkanes) is 27. The number of rotatable bonds is 45. The van der Waals surface area contributed by atoms with Gasteiger partial charge < -0.3 is 20.3 Å². The van der Waals surface area contributed by atoms with Crippen LogP contribution >= 0.6 is 0 Å². The van der Waals surface area contributed by atoms with Crippen molar-refractivity contribution in [2.75, 3.05) is 6.61 Å². The number of carbonyl (C=O) groups is 2. The molecule has 0 radical (unpaired) electrons. The molecule has 0 rings (SSSR count). The highest BCUT2D eigenvalue weighted by Crippen LogP contribution is 2.18. The van der Waals surface area contributed by atoms with E-state index in [2.05, 4.69) is 74.7 Å². The van der Waals surface area contributed by atoms with Gasteiger partial charge in [-0.2, -0.15) is 0 Å². The van der Waals surface area contributed by atoms with Crippen LogP contribution in [-0.4, -0.2) is 46.9 Å². The second-order valence-corrected chi connectivity index (χ2v) is 17.2. The molecule has 0 saturated heterocycles. The van der Waals surface area contributed by atoms with Crippen LogP contribution in [0, 0.1) is 0 Å². The van der Waals surface area contributed by atoms with Crippen molar-refractivity contribution in [1.29, 1.82) is 0 Å². The van der Waals surface area contributed by atoms with Gasteiger partial charge in [0.15, 0.2) is 0 Å². The lowest BCUT2D eigenvalue weighted by Gasteiger charge is -2.24. The SMILES string of the molecule is CC/C=C/C=C/C=C/CCCCCCCC(CC(=O)NC(CO)C(O)CCCCCCCCCCCCCCCCC)OC(=O)CCCCCCC/C=C\CCCCC. The van der Waals surface area contributed by atoms with E-state index in [1.54, 1.807) is 0 Å². The first kappa shape index (κ1) is 56.8. The number of amides is 1. The number of nitrogens with one attached hydrogen (secondary N) is 1. The van der Waals surface area contributed by atoms with Crippen LogP contribution < -0.4 is 5.32 Å². The van der Waals surface area contributed by atoms with Crippen LogP contribution in [0.15, 0.2) is 48.6 Å². The summed E-state index contributed by atoms with van der Waals surface area (Å²) in [5.41, 5.74) is 0. The summed E-state index contributed by atoms with van der Waals surface area (Å²) in [6.07, 6.45) is 56.0. The van der Waals surface area contributed by atoms with E-state index in [4.69, 9.17) is 4.74 Å². The first-order valence-electron chi connectivity index (χ1n) is 25.4. The maximum Gasteiger partial charge on any atom is 0.306 e. The fraction of sp³-hybridized carbons (Fsp3) is 0.811. The number of hydrogen-bond donors (Lipinski definition) is 3. The average molecular weight is 828 g/mol. The van der Waals surface area contributed by atoms with Crippen molar-refractivity contribution in [2.45, 2.75) is 270 Å². The molecule has 3 atom stereocenters. The number of aliphatic hydroxyl groups excluding tert-OH is 2. The Morgan fingerprint density at radius 1 is 0.508 bits per heavy atom. The Morgan fingerprint density at radius 2 is 0.932 bits per heavy atom. The second kappa shape index (κ2) is 46.9. The molecule has 0 saturated carbocycles. The van der Waals surface area contributed by atoms with Crippen molar-refractivity contribution in [1.82, 2.24) is 5.32 Å². The summed E-state index contributed by atoms with van der Waals surface area (Å²) < 4.78 is 5.91. The maximum absolute atomic E-state index is 13.2. The molecule has 0 aliphatic heterocycles. The van der Waals surface area contributed by atoms with E-state index in [1.165, 1.54) is 116 Å². The quantitative estimate of drug-likeness (QED) is 0.0246. The molecule has 6 nitrogen and oxygen atoms in total. The standard InChI is InChI=1S/C53H97NO5/c1-4-7-10-13-16-19-22-25-26-28-30-33-36-39-42-45-51(56)50(48-55)54-52(57)47-49(44-41-38-35-32-29-27-23-20-17-14-11-8-5-2)59-53(58)46-43-40-37-34-31-24-21-18-15-12-9-6-3/h8,11,14,17-18,20-21,23,49-51,55-56H,4-7,9-10,12-13,15-16,19,22,24-48H2,1-3H3,(H,54,57)/b11-8+,17-14+,21-18-,23-20+.